The second-order valence-electron chi connectivity index (χ2n) is 7.46. The Labute approximate surface area is 231 Å². The summed E-state index contributed by atoms with van der Waals surface area (Å²) in [5, 5.41) is 16.7. The van der Waals surface area contributed by atoms with Gasteiger partial charge in [0.1, 0.15) is 12.4 Å². The van der Waals surface area contributed by atoms with Crippen molar-refractivity contribution >= 4 is 70.3 Å². The number of aromatic nitrogens is 3. The number of thioether (sulfide) groups is 1. The summed E-state index contributed by atoms with van der Waals surface area (Å²) in [6.45, 7) is 0.313. The molecule has 1 heterocycles. The van der Waals surface area contributed by atoms with Crippen molar-refractivity contribution in [3.05, 3.63) is 92.9 Å². The van der Waals surface area contributed by atoms with Crippen molar-refractivity contribution in [2.75, 3.05) is 22.3 Å². The summed E-state index contributed by atoms with van der Waals surface area (Å²) in [4.78, 5) is 12.3. The lowest BCUT2D eigenvalue weighted by molar-refractivity contribution is -0.113. The van der Waals surface area contributed by atoms with Crippen LogP contribution in [-0.4, -0.2) is 32.7 Å². The van der Waals surface area contributed by atoms with Crippen LogP contribution in [0.2, 0.25) is 15.1 Å². The summed E-state index contributed by atoms with van der Waals surface area (Å²) in [6.07, 6.45) is 1.58. The molecule has 4 N–H and O–H groups in total. The van der Waals surface area contributed by atoms with E-state index >= 15 is 0 Å². The molecule has 4 aromatic rings. The number of nitrogens with zero attached hydrogens (tertiary/aromatic N) is 4. The summed E-state index contributed by atoms with van der Waals surface area (Å²) in [5.41, 5.74) is 4.85. The highest BCUT2D eigenvalue weighted by atomic mass is 35.5. The molecule has 0 saturated heterocycles. The lowest BCUT2D eigenvalue weighted by Crippen LogP contribution is -2.16. The topological polar surface area (TPSA) is 119 Å². The largest absolute Gasteiger partial charge is 0.488 e. The normalized spacial score (nSPS) is 11.0. The van der Waals surface area contributed by atoms with Gasteiger partial charge in [0.15, 0.2) is 0 Å². The minimum absolute atomic E-state index is 0.0406. The van der Waals surface area contributed by atoms with Crippen LogP contribution in [0.25, 0.3) is 0 Å². The first-order valence-corrected chi connectivity index (χ1v) is 12.8. The van der Waals surface area contributed by atoms with E-state index in [1.54, 1.807) is 24.4 Å². The minimum atomic E-state index is -0.285. The molecule has 190 valence electrons. The molecule has 13 heteroatoms. The van der Waals surface area contributed by atoms with Gasteiger partial charge in [-0.05, 0) is 36.4 Å². The van der Waals surface area contributed by atoms with Crippen molar-refractivity contribution in [2.45, 2.75) is 11.8 Å². The molecule has 0 aliphatic rings. The SMILES string of the molecule is Nn1c(N/N=C/c2ccccc2OCc2ccccc2Cl)nnc1SCC(=O)Nc1cc(Cl)cc(Cl)c1. The van der Waals surface area contributed by atoms with Gasteiger partial charge in [-0.3, -0.25) is 4.79 Å². The summed E-state index contributed by atoms with van der Waals surface area (Å²) in [7, 11) is 0. The van der Waals surface area contributed by atoms with Crippen molar-refractivity contribution < 1.29 is 9.53 Å². The molecular formula is C24H20Cl3N7O2S. The summed E-state index contributed by atoms with van der Waals surface area (Å²) < 4.78 is 7.13. The fraction of sp³-hybridized carbons (Fsp3) is 0.0833. The van der Waals surface area contributed by atoms with Gasteiger partial charge in [-0.25, -0.2) is 10.1 Å². The van der Waals surface area contributed by atoms with E-state index in [0.29, 0.717) is 38.3 Å². The molecule has 0 bridgehead atoms. The van der Waals surface area contributed by atoms with E-state index < -0.39 is 0 Å². The standard InChI is InChI=1S/C24H20Cl3N7O2S/c25-17-9-18(26)11-19(10-17)30-22(35)14-37-24-33-32-23(34(24)28)31-29-12-15-5-2-4-8-21(15)36-13-16-6-1-3-7-20(16)27/h1-12H,13-14,28H2,(H,30,35)(H,31,32)/b29-12+. The average molecular weight is 577 g/mol. The van der Waals surface area contributed by atoms with Crippen LogP contribution in [0.1, 0.15) is 11.1 Å². The monoisotopic (exact) mass is 575 g/mol. The Bertz CT molecular complexity index is 1410. The molecule has 0 unspecified atom stereocenters. The highest BCUT2D eigenvalue weighted by molar-refractivity contribution is 7.99. The van der Waals surface area contributed by atoms with Crippen molar-refractivity contribution in [2.24, 2.45) is 5.10 Å². The third kappa shape index (κ3) is 7.53. The number of nitrogen functional groups attached to an aromatic ring is 1. The van der Waals surface area contributed by atoms with E-state index in [1.165, 1.54) is 4.68 Å². The number of ether oxygens (including phenoxy) is 1. The average Bonchev–Trinajstić information content (AvgIpc) is 3.21. The number of nitrogens with two attached hydrogens (primary N) is 1. The molecule has 0 radical (unpaired) electrons. The van der Waals surface area contributed by atoms with Crippen molar-refractivity contribution in [3.63, 3.8) is 0 Å². The third-order valence-corrected chi connectivity index (χ3v) is 6.52. The van der Waals surface area contributed by atoms with E-state index in [2.05, 4.69) is 26.0 Å². The highest BCUT2D eigenvalue weighted by Crippen LogP contribution is 2.24. The maximum atomic E-state index is 12.3. The molecule has 0 saturated carbocycles. The van der Waals surface area contributed by atoms with Crippen LogP contribution >= 0.6 is 46.6 Å². The maximum Gasteiger partial charge on any atom is 0.264 e. The Morgan fingerprint density at radius 3 is 2.57 bits per heavy atom. The van der Waals surface area contributed by atoms with Crippen LogP contribution in [0.5, 0.6) is 5.75 Å². The second-order valence-corrected chi connectivity index (χ2v) is 9.68. The highest BCUT2D eigenvalue weighted by Gasteiger charge is 2.13. The van der Waals surface area contributed by atoms with Gasteiger partial charge < -0.3 is 15.9 Å². The van der Waals surface area contributed by atoms with Crippen molar-refractivity contribution in [1.82, 2.24) is 14.9 Å². The second kappa shape index (κ2) is 12.7. The molecule has 0 aliphatic heterocycles. The number of halogens is 3. The summed E-state index contributed by atoms with van der Waals surface area (Å²) in [5.74, 6) is 6.62. The molecule has 1 amide bonds. The number of hydrazone groups is 1. The van der Waals surface area contributed by atoms with Crippen molar-refractivity contribution in [3.8, 4) is 5.75 Å². The van der Waals surface area contributed by atoms with Crippen LogP contribution in [0.4, 0.5) is 11.6 Å². The van der Waals surface area contributed by atoms with Crippen LogP contribution in [0.15, 0.2) is 77.0 Å². The smallest absolute Gasteiger partial charge is 0.264 e. The van der Waals surface area contributed by atoms with Crippen LogP contribution < -0.4 is 21.3 Å². The van der Waals surface area contributed by atoms with E-state index in [-0.39, 0.29) is 17.6 Å². The number of hydrogen-bond acceptors (Lipinski definition) is 8. The van der Waals surface area contributed by atoms with Gasteiger partial charge in [-0.15, -0.1) is 10.2 Å². The lowest BCUT2D eigenvalue weighted by atomic mass is 10.2. The lowest BCUT2D eigenvalue weighted by Gasteiger charge is -2.10. The Balaban J connectivity index is 1.32. The van der Waals surface area contributed by atoms with Gasteiger partial charge in [-0.1, -0.05) is 76.9 Å². The number of para-hydroxylation sites is 1. The first-order valence-electron chi connectivity index (χ1n) is 10.7. The molecular weight excluding hydrogens is 557 g/mol. The zero-order valence-corrected chi connectivity index (χ0v) is 22.2. The number of amides is 1. The Hall–Kier alpha value is -3.44. The van der Waals surface area contributed by atoms with Crippen LogP contribution in [0.3, 0.4) is 0 Å². The van der Waals surface area contributed by atoms with E-state index in [9.17, 15) is 4.79 Å². The molecule has 3 aromatic carbocycles. The molecule has 0 fully saturated rings. The van der Waals surface area contributed by atoms with E-state index in [4.69, 9.17) is 45.4 Å². The minimum Gasteiger partial charge on any atom is -0.488 e. The van der Waals surface area contributed by atoms with E-state index in [0.717, 1.165) is 22.9 Å². The molecule has 4 rings (SSSR count). The number of benzene rings is 3. The number of nitrogens with one attached hydrogen (secondary N) is 2. The predicted octanol–water partition coefficient (Wildman–Crippen LogP) is 5.71. The van der Waals surface area contributed by atoms with Gasteiger partial charge in [0.25, 0.3) is 5.95 Å². The fourth-order valence-corrected chi connectivity index (χ4v) is 4.43. The van der Waals surface area contributed by atoms with Gasteiger partial charge in [0, 0.05) is 31.9 Å². The van der Waals surface area contributed by atoms with Crippen molar-refractivity contribution in [1.29, 1.82) is 0 Å². The maximum absolute atomic E-state index is 12.3. The fourth-order valence-electron chi connectivity index (χ4n) is 3.05. The Morgan fingerprint density at radius 1 is 1.05 bits per heavy atom. The van der Waals surface area contributed by atoms with Crippen LogP contribution in [-0.2, 0) is 11.4 Å². The van der Waals surface area contributed by atoms with Gasteiger partial charge in [0.05, 0.1) is 12.0 Å². The summed E-state index contributed by atoms with van der Waals surface area (Å²) in [6, 6.07) is 19.7. The third-order valence-electron chi connectivity index (χ3n) is 4.77. The first-order chi connectivity index (χ1) is 17.9. The Morgan fingerprint density at radius 2 is 1.78 bits per heavy atom. The molecule has 9 nitrogen and oxygen atoms in total. The van der Waals surface area contributed by atoms with Crippen LogP contribution in [0, 0.1) is 0 Å². The van der Waals surface area contributed by atoms with E-state index in [1.807, 2.05) is 48.5 Å². The number of anilines is 2. The number of carbonyl (C=O) groups is 1. The molecule has 37 heavy (non-hydrogen) atoms. The Kier molecular flexibility index (Phi) is 9.13. The quantitative estimate of drug-likeness (QED) is 0.0957. The number of hydrogen-bond donors (Lipinski definition) is 3. The molecule has 0 aliphatic carbocycles. The first kappa shape index (κ1) is 26.6. The number of carbonyl (C=O) groups excluding carboxylic acids is 1. The zero-order valence-electron chi connectivity index (χ0n) is 19.1. The summed E-state index contributed by atoms with van der Waals surface area (Å²) >= 11 is 19.2. The molecule has 0 spiro atoms. The molecule has 1 aromatic heterocycles. The predicted molar refractivity (Wildman–Crippen MR) is 149 cm³/mol. The zero-order chi connectivity index (χ0) is 26.2. The number of rotatable bonds is 10. The molecule has 0 atom stereocenters. The van der Waals surface area contributed by atoms with Gasteiger partial charge in [-0.2, -0.15) is 5.10 Å². The van der Waals surface area contributed by atoms with Gasteiger partial charge in [0.2, 0.25) is 11.1 Å². The van der Waals surface area contributed by atoms with Gasteiger partial charge >= 0.3 is 0 Å².